The third-order valence-corrected chi connectivity index (χ3v) is 4.48. The molecule has 0 amide bonds. The monoisotopic (exact) mass is 287 g/mol. The number of anilines is 2. The summed E-state index contributed by atoms with van der Waals surface area (Å²) in [6, 6.07) is 0.441. The van der Waals surface area contributed by atoms with E-state index in [1.165, 1.54) is 12.8 Å². The van der Waals surface area contributed by atoms with Crippen molar-refractivity contribution in [1.29, 1.82) is 0 Å². The number of rotatable bonds is 4. The van der Waals surface area contributed by atoms with Crippen molar-refractivity contribution < 1.29 is 0 Å². The first-order valence-electron chi connectivity index (χ1n) is 6.10. The maximum atomic E-state index is 5.85. The molecule has 0 aromatic carbocycles. The van der Waals surface area contributed by atoms with Crippen molar-refractivity contribution in [2.45, 2.75) is 37.0 Å². The summed E-state index contributed by atoms with van der Waals surface area (Å²) >= 11 is 7.81. The van der Waals surface area contributed by atoms with Crippen molar-refractivity contribution >= 4 is 35.3 Å². The second-order valence-corrected chi connectivity index (χ2v) is 5.83. The SMILES string of the molecule is CNc1nc(Cl)nc(NC2CCC(SC)CC2)n1. The number of aromatic nitrogens is 3. The number of thioether (sulfide) groups is 1. The van der Waals surface area contributed by atoms with Crippen LogP contribution >= 0.6 is 23.4 Å². The summed E-state index contributed by atoms with van der Waals surface area (Å²) in [4.78, 5) is 12.3. The number of nitrogens with one attached hydrogen (secondary N) is 2. The van der Waals surface area contributed by atoms with Gasteiger partial charge in [0.1, 0.15) is 0 Å². The van der Waals surface area contributed by atoms with E-state index < -0.39 is 0 Å². The van der Waals surface area contributed by atoms with Gasteiger partial charge in [0.15, 0.2) is 0 Å². The van der Waals surface area contributed by atoms with Crippen LogP contribution in [0.1, 0.15) is 25.7 Å². The predicted molar refractivity (Wildman–Crippen MR) is 77.6 cm³/mol. The molecular formula is C11H18ClN5S. The van der Waals surface area contributed by atoms with E-state index in [1.807, 2.05) is 11.8 Å². The Balaban J connectivity index is 1.95. The molecule has 0 unspecified atom stereocenters. The molecule has 2 N–H and O–H groups in total. The first-order chi connectivity index (χ1) is 8.71. The van der Waals surface area contributed by atoms with Crippen LogP contribution in [0.25, 0.3) is 0 Å². The van der Waals surface area contributed by atoms with E-state index in [0.29, 0.717) is 17.9 Å². The molecule has 1 saturated carbocycles. The Morgan fingerprint density at radius 2 is 1.78 bits per heavy atom. The van der Waals surface area contributed by atoms with Crippen molar-refractivity contribution in [3.8, 4) is 0 Å². The molecule has 2 rings (SSSR count). The van der Waals surface area contributed by atoms with Crippen molar-refractivity contribution in [1.82, 2.24) is 15.0 Å². The fraction of sp³-hybridized carbons (Fsp3) is 0.727. The van der Waals surface area contributed by atoms with Crippen molar-refractivity contribution in [3.63, 3.8) is 0 Å². The van der Waals surface area contributed by atoms with Gasteiger partial charge in [0, 0.05) is 18.3 Å². The van der Waals surface area contributed by atoms with E-state index in [1.54, 1.807) is 7.05 Å². The van der Waals surface area contributed by atoms with Gasteiger partial charge in [-0.05, 0) is 43.5 Å². The van der Waals surface area contributed by atoms with Crippen molar-refractivity contribution in [2.24, 2.45) is 0 Å². The van der Waals surface area contributed by atoms with Gasteiger partial charge in [0.2, 0.25) is 17.2 Å². The van der Waals surface area contributed by atoms with Crippen LogP contribution < -0.4 is 10.6 Å². The average Bonchev–Trinajstić information content (AvgIpc) is 2.39. The molecule has 100 valence electrons. The summed E-state index contributed by atoms with van der Waals surface area (Å²) < 4.78 is 0. The molecule has 1 heterocycles. The molecule has 7 heteroatoms. The summed E-state index contributed by atoms with van der Waals surface area (Å²) in [6.45, 7) is 0. The topological polar surface area (TPSA) is 62.7 Å². The first-order valence-corrected chi connectivity index (χ1v) is 7.76. The van der Waals surface area contributed by atoms with Gasteiger partial charge >= 0.3 is 0 Å². The summed E-state index contributed by atoms with van der Waals surface area (Å²) in [5.41, 5.74) is 0. The zero-order chi connectivity index (χ0) is 13.0. The fourth-order valence-corrected chi connectivity index (χ4v) is 3.06. The number of hydrogen-bond acceptors (Lipinski definition) is 6. The summed E-state index contributed by atoms with van der Waals surface area (Å²) in [6.07, 6.45) is 6.99. The Bertz CT molecular complexity index is 395. The number of halogens is 1. The summed E-state index contributed by atoms with van der Waals surface area (Å²) in [5, 5.41) is 7.24. The fourth-order valence-electron chi connectivity index (χ4n) is 2.15. The maximum Gasteiger partial charge on any atom is 0.229 e. The Hall–Kier alpha value is -0.750. The molecule has 0 aliphatic heterocycles. The lowest BCUT2D eigenvalue weighted by Crippen LogP contribution is -2.28. The Labute approximate surface area is 117 Å². The van der Waals surface area contributed by atoms with Gasteiger partial charge in [0.25, 0.3) is 0 Å². The van der Waals surface area contributed by atoms with Gasteiger partial charge in [-0.15, -0.1) is 0 Å². The standard InChI is InChI=1S/C11H18ClN5S/c1-13-10-15-9(12)16-11(17-10)14-7-3-5-8(18-2)6-4-7/h7-8H,3-6H2,1-2H3,(H2,13,14,15,16,17). The molecule has 0 bridgehead atoms. The molecule has 1 aliphatic carbocycles. The van der Waals surface area contributed by atoms with Gasteiger partial charge in [-0.2, -0.15) is 26.7 Å². The minimum Gasteiger partial charge on any atom is -0.357 e. The van der Waals surface area contributed by atoms with E-state index >= 15 is 0 Å². The molecule has 1 fully saturated rings. The van der Waals surface area contributed by atoms with E-state index in [2.05, 4.69) is 31.8 Å². The highest BCUT2D eigenvalue weighted by atomic mass is 35.5. The van der Waals surface area contributed by atoms with Crippen molar-refractivity contribution in [2.75, 3.05) is 23.9 Å². The van der Waals surface area contributed by atoms with Crippen LogP contribution in [0.4, 0.5) is 11.9 Å². The molecule has 0 atom stereocenters. The third kappa shape index (κ3) is 3.62. The van der Waals surface area contributed by atoms with E-state index in [9.17, 15) is 0 Å². The number of hydrogen-bond donors (Lipinski definition) is 2. The van der Waals surface area contributed by atoms with Gasteiger partial charge in [0.05, 0.1) is 0 Å². The minimum atomic E-state index is 0.217. The first kappa shape index (κ1) is 13.7. The highest BCUT2D eigenvalue weighted by Gasteiger charge is 2.21. The van der Waals surface area contributed by atoms with Gasteiger partial charge in [-0.3, -0.25) is 0 Å². The molecule has 1 aliphatic rings. The third-order valence-electron chi connectivity index (χ3n) is 3.17. The van der Waals surface area contributed by atoms with E-state index in [-0.39, 0.29) is 5.28 Å². The molecule has 0 spiro atoms. The lowest BCUT2D eigenvalue weighted by atomic mass is 9.95. The Kier molecular flexibility index (Phi) is 4.88. The molecule has 1 aromatic rings. The van der Waals surface area contributed by atoms with E-state index in [0.717, 1.165) is 18.1 Å². The zero-order valence-electron chi connectivity index (χ0n) is 10.6. The van der Waals surface area contributed by atoms with Crippen LogP contribution in [-0.4, -0.2) is 39.5 Å². The molecule has 5 nitrogen and oxygen atoms in total. The van der Waals surface area contributed by atoms with E-state index in [4.69, 9.17) is 11.6 Å². The van der Waals surface area contributed by atoms with Crippen LogP contribution in [0, 0.1) is 0 Å². The molecule has 0 saturated heterocycles. The van der Waals surface area contributed by atoms with Gasteiger partial charge in [-0.1, -0.05) is 0 Å². The lowest BCUT2D eigenvalue weighted by molar-refractivity contribution is 0.471. The second kappa shape index (κ2) is 6.43. The molecule has 1 aromatic heterocycles. The molecule has 18 heavy (non-hydrogen) atoms. The largest absolute Gasteiger partial charge is 0.357 e. The van der Waals surface area contributed by atoms with Gasteiger partial charge in [-0.25, -0.2) is 0 Å². The highest BCUT2D eigenvalue weighted by molar-refractivity contribution is 7.99. The maximum absolute atomic E-state index is 5.85. The van der Waals surface area contributed by atoms with Gasteiger partial charge < -0.3 is 10.6 Å². The van der Waals surface area contributed by atoms with Crippen LogP contribution in [0.15, 0.2) is 0 Å². The second-order valence-electron chi connectivity index (χ2n) is 4.36. The average molecular weight is 288 g/mol. The van der Waals surface area contributed by atoms with Crippen LogP contribution in [0.5, 0.6) is 0 Å². The minimum absolute atomic E-state index is 0.217. The van der Waals surface area contributed by atoms with Crippen LogP contribution in [0.3, 0.4) is 0 Å². The summed E-state index contributed by atoms with van der Waals surface area (Å²) in [5.74, 6) is 1.06. The van der Waals surface area contributed by atoms with Crippen LogP contribution in [-0.2, 0) is 0 Å². The smallest absolute Gasteiger partial charge is 0.229 e. The van der Waals surface area contributed by atoms with Crippen molar-refractivity contribution in [3.05, 3.63) is 5.28 Å². The molecular weight excluding hydrogens is 270 g/mol. The summed E-state index contributed by atoms with van der Waals surface area (Å²) in [7, 11) is 1.76. The molecule has 0 radical (unpaired) electrons. The Morgan fingerprint density at radius 1 is 1.11 bits per heavy atom. The number of nitrogens with zero attached hydrogens (tertiary/aromatic N) is 3. The zero-order valence-corrected chi connectivity index (χ0v) is 12.2. The quantitative estimate of drug-likeness (QED) is 0.888. The normalized spacial score (nSPS) is 23.7. The highest BCUT2D eigenvalue weighted by Crippen LogP contribution is 2.28. The lowest BCUT2D eigenvalue weighted by Gasteiger charge is -2.27. The Morgan fingerprint density at radius 3 is 2.39 bits per heavy atom. The van der Waals surface area contributed by atoms with Crippen LogP contribution in [0.2, 0.25) is 5.28 Å². The predicted octanol–water partition coefficient (Wildman–Crippen LogP) is 2.65.